The van der Waals surface area contributed by atoms with Gasteiger partial charge in [0, 0.05) is 12.1 Å². The normalized spacial score (nSPS) is 18.7. The molecule has 5 nitrogen and oxygen atoms in total. The van der Waals surface area contributed by atoms with Crippen molar-refractivity contribution in [2.24, 2.45) is 0 Å². The monoisotopic (exact) mass is 324 g/mol. The van der Waals surface area contributed by atoms with Crippen LogP contribution in [0.3, 0.4) is 0 Å². The van der Waals surface area contributed by atoms with E-state index in [9.17, 15) is 5.11 Å². The number of para-hydroxylation sites is 1. The van der Waals surface area contributed by atoms with Crippen LogP contribution in [-0.4, -0.2) is 29.9 Å². The molecule has 0 fully saturated rings. The highest BCUT2D eigenvalue weighted by Crippen LogP contribution is 2.42. The van der Waals surface area contributed by atoms with Crippen molar-refractivity contribution in [1.29, 1.82) is 5.26 Å². The van der Waals surface area contributed by atoms with Gasteiger partial charge >= 0.3 is 0 Å². The Hall–Kier alpha value is -2.39. The lowest BCUT2D eigenvalue weighted by molar-refractivity contribution is 0.0701. The number of fused-ring (bicyclic) bond motifs is 2. The third-order valence-corrected chi connectivity index (χ3v) is 4.35. The molecule has 2 aromatic carbocycles. The van der Waals surface area contributed by atoms with Gasteiger partial charge in [0.2, 0.25) is 0 Å². The summed E-state index contributed by atoms with van der Waals surface area (Å²) in [6, 6.07) is 14.9. The standard InChI is InChI=1S/C19H20N2O3/c20-12-14-5-6-16-15(11-14)13-24-18-4-2-1-3-17(18)19(16,23)7-8-21-9-10-22/h1-6,11,21-23H,7-10,13H2. The van der Waals surface area contributed by atoms with Gasteiger partial charge in [0.05, 0.1) is 18.2 Å². The van der Waals surface area contributed by atoms with Crippen LogP contribution in [-0.2, 0) is 12.2 Å². The van der Waals surface area contributed by atoms with E-state index in [0.717, 1.165) is 16.7 Å². The summed E-state index contributed by atoms with van der Waals surface area (Å²) in [5, 5.41) is 32.7. The predicted octanol–water partition coefficient (Wildman–Crippen LogP) is 1.66. The fraction of sp³-hybridized carbons (Fsp3) is 0.316. The molecule has 0 amide bonds. The zero-order chi connectivity index (χ0) is 17.0. The van der Waals surface area contributed by atoms with E-state index >= 15 is 0 Å². The largest absolute Gasteiger partial charge is 0.488 e. The minimum atomic E-state index is -1.21. The van der Waals surface area contributed by atoms with Crippen LogP contribution in [0.25, 0.3) is 0 Å². The van der Waals surface area contributed by atoms with Crippen molar-refractivity contribution in [2.45, 2.75) is 18.6 Å². The summed E-state index contributed by atoms with van der Waals surface area (Å²) in [6.45, 7) is 1.40. The maximum absolute atomic E-state index is 11.6. The first-order valence-electron chi connectivity index (χ1n) is 7.99. The van der Waals surface area contributed by atoms with Gasteiger partial charge in [-0.15, -0.1) is 0 Å². The van der Waals surface area contributed by atoms with Crippen molar-refractivity contribution in [3.63, 3.8) is 0 Å². The maximum Gasteiger partial charge on any atom is 0.126 e. The quantitative estimate of drug-likeness (QED) is 0.728. The van der Waals surface area contributed by atoms with Gasteiger partial charge < -0.3 is 20.3 Å². The van der Waals surface area contributed by atoms with Gasteiger partial charge in [0.25, 0.3) is 0 Å². The fourth-order valence-corrected chi connectivity index (χ4v) is 3.16. The lowest BCUT2D eigenvalue weighted by Crippen LogP contribution is -2.33. The number of hydrogen-bond donors (Lipinski definition) is 3. The third kappa shape index (κ3) is 3.00. The van der Waals surface area contributed by atoms with Gasteiger partial charge in [-0.1, -0.05) is 24.3 Å². The summed E-state index contributed by atoms with van der Waals surface area (Å²) in [7, 11) is 0. The van der Waals surface area contributed by atoms with E-state index in [-0.39, 0.29) is 6.61 Å². The molecule has 1 heterocycles. The predicted molar refractivity (Wildman–Crippen MR) is 89.5 cm³/mol. The average molecular weight is 324 g/mol. The van der Waals surface area contributed by atoms with Gasteiger partial charge in [-0.2, -0.15) is 5.26 Å². The van der Waals surface area contributed by atoms with Crippen LogP contribution in [0.15, 0.2) is 42.5 Å². The number of ether oxygens (including phenoxy) is 1. The number of benzene rings is 2. The number of nitriles is 1. The zero-order valence-electron chi connectivity index (χ0n) is 13.3. The Bertz CT molecular complexity index is 769. The molecule has 0 spiro atoms. The molecule has 1 unspecified atom stereocenters. The van der Waals surface area contributed by atoms with E-state index in [1.54, 1.807) is 12.1 Å². The first-order chi connectivity index (χ1) is 11.7. The van der Waals surface area contributed by atoms with Crippen LogP contribution in [0.2, 0.25) is 0 Å². The van der Waals surface area contributed by atoms with Crippen LogP contribution in [0.1, 0.15) is 28.7 Å². The van der Waals surface area contributed by atoms with E-state index in [4.69, 9.17) is 15.1 Å². The molecule has 1 aliphatic rings. The molecule has 3 rings (SSSR count). The van der Waals surface area contributed by atoms with E-state index in [0.29, 0.717) is 37.4 Å². The van der Waals surface area contributed by atoms with Crippen molar-refractivity contribution in [2.75, 3.05) is 19.7 Å². The van der Waals surface area contributed by atoms with Crippen molar-refractivity contribution < 1.29 is 14.9 Å². The molecular weight excluding hydrogens is 304 g/mol. The molecular formula is C19H20N2O3. The van der Waals surface area contributed by atoms with Gasteiger partial charge in [-0.05, 0) is 42.3 Å². The first-order valence-corrected chi connectivity index (χ1v) is 7.99. The fourth-order valence-electron chi connectivity index (χ4n) is 3.16. The van der Waals surface area contributed by atoms with Gasteiger partial charge in [-0.3, -0.25) is 0 Å². The summed E-state index contributed by atoms with van der Waals surface area (Å²) in [5.74, 6) is 0.650. The molecule has 24 heavy (non-hydrogen) atoms. The van der Waals surface area contributed by atoms with Crippen LogP contribution < -0.4 is 10.1 Å². The number of nitrogens with zero attached hydrogens (tertiary/aromatic N) is 1. The summed E-state index contributed by atoms with van der Waals surface area (Å²) < 4.78 is 5.87. The minimum absolute atomic E-state index is 0.0558. The Balaban J connectivity index is 2.05. The first kappa shape index (κ1) is 16.5. The minimum Gasteiger partial charge on any atom is -0.488 e. The number of aliphatic hydroxyl groups excluding tert-OH is 1. The molecule has 0 saturated carbocycles. The van der Waals surface area contributed by atoms with E-state index in [1.165, 1.54) is 0 Å². The van der Waals surface area contributed by atoms with E-state index < -0.39 is 5.60 Å². The highest BCUT2D eigenvalue weighted by molar-refractivity contribution is 5.51. The molecule has 0 aromatic heterocycles. The lowest BCUT2D eigenvalue weighted by atomic mass is 9.81. The molecule has 0 saturated heterocycles. The lowest BCUT2D eigenvalue weighted by Gasteiger charge is -2.30. The third-order valence-electron chi connectivity index (χ3n) is 4.35. The molecule has 5 heteroatoms. The summed E-state index contributed by atoms with van der Waals surface area (Å²) in [5.41, 5.74) is 1.63. The second-order valence-electron chi connectivity index (χ2n) is 5.85. The van der Waals surface area contributed by atoms with Crippen molar-refractivity contribution in [3.05, 3.63) is 64.7 Å². The second kappa shape index (κ2) is 7.02. The highest BCUT2D eigenvalue weighted by atomic mass is 16.5. The highest BCUT2D eigenvalue weighted by Gasteiger charge is 2.37. The Labute approximate surface area is 141 Å². The van der Waals surface area contributed by atoms with Gasteiger partial charge in [0.15, 0.2) is 0 Å². The average Bonchev–Trinajstić information content (AvgIpc) is 2.74. The van der Waals surface area contributed by atoms with Gasteiger partial charge in [-0.25, -0.2) is 0 Å². The smallest absolute Gasteiger partial charge is 0.126 e. The summed E-state index contributed by atoms with van der Waals surface area (Å²) in [4.78, 5) is 0. The van der Waals surface area contributed by atoms with Crippen LogP contribution in [0.5, 0.6) is 5.75 Å². The Morgan fingerprint density at radius 1 is 1.17 bits per heavy atom. The Morgan fingerprint density at radius 3 is 2.79 bits per heavy atom. The molecule has 0 aliphatic carbocycles. The topological polar surface area (TPSA) is 85.5 Å². The molecule has 0 bridgehead atoms. The molecule has 1 atom stereocenters. The molecule has 1 aliphatic heterocycles. The second-order valence-corrected chi connectivity index (χ2v) is 5.85. The van der Waals surface area contributed by atoms with Crippen molar-refractivity contribution in [1.82, 2.24) is 5.32 Å². The van der Waals surface area contributed by atoms with Crippen LogP contribution >= 0.6 is 0 Å². The van der Waals surface area contributed by atoms with E-state index in [2.05, 4.69) is 11.4 Å². The van der Waals surface area contributed by atoms with Crippen molar-refractivity contribution >= 4 is 0 Å². The molecule has 3 N–H and O–H groups in total. The molecule has 2 aromatic rings. The van der Waals surface area contributed by atoms with Gasteiger partial charge in [0.1, 0.15) is 18.0 Å². The number of rotatable bonds is 5. The zero-order valence-corrected chi connectivity index (χ0v) is 13.3. The maximum atomic E-state index is 11.6. The number of hydrogen-bond acceptors (Lipinski definition) is 5. The molecule has 0 radical (unpaired) electrons. The summed E-state index contributed by atoms with van der Waals surface area (Å²) in [6.07, 6.45) is 0.437. The molecule has 124 valence electrons. The number of nitrogens with one attached hydrogen (secondary N) is 1. The van der Waals surface area contributed by atoms with E-state index in [1.807, 2.05) is 30.3 Å². The van der Waals surface area contributed by atoms with Crippen LogP contribution in [0, 0.1) is 11.3 Å². The SMILES string of the molecule is N#Cc1ccc2c(c1)COc1ccccc1C2(O)CCNCCO. The number of aliphatic hydroxyl groups is 2. The van der Waals surface area contributed by atoms with Crippen molar-refractivity contribution in [3.8, 4) is 11.8 Å². The van der Waals surface area contributed by atoms with Crippen LogP contribution in [0.4, 0.5) is 0 Å². The Kier molecular flexibility index (Phi) is 4.81. The summed E-state index contributed by atoms with van der Waals surface area (Å²) >= 11 is 0. The Morgan fingerprint density at radius 2 is 2.00 bits per heavy atom.